The molecule has 0 heterocycles. The minimum Gasteiger partial charge on any atom is -0.480 e. The van der Waals surface area contributed by atoms with Crippen molar-refractivity contribution in [2.75, 3.05) is 6.54 Å². The summed E-state index contributed by atoms with van der Waals surface area (Å²) in [7, 11) is 0. The van der Waals surface area contributed by atoms with Gasteiger partial charge in [0.15, 0.2) is 0 Å². The molecule has 0 saturated carbocycles. The van der Waals surface area contributed by atoms with Gasteiger partial charge < -0.3 is 26.8 Å². The number of amides is 3. The standard InChI is InChI=1S/C22H34N4O5/c1-5-14(4)19(25-17(27)12-23)21(29)26-18(13(2)3)20(28)24-16(22(30)31)11-15-9-7-6-8-10-15/h6-10,13-14,16,18-19H,5,11-12,23H2,1-4H3,(H,24,28)(H,25,27)(H,26,29)(H,30,31). The number of nitrogens with two attached hydrogens (primary N) is 1. The highest BCUT2D eigenvalue weighted by molar-refractivity contribution is 5.93. The van der Waals surface area contributed by atoms with Crippen molar-refractivity contribution in [3.8, 4) is 0 Å². The second-order valence-corrected chi connectivity index (χ2v) is 7.95. The number of carboxylic acids is 1. The Labute approximate surface area is 183 Å². The topological polar surface area (TPSA) is 151 Å². The number of rotatable bonds is 12. The third-order valence-electron chi connectivity index (χ3n) is 5.14. The molecule has 9 heteroatoms. The molecule has 0 saturated heterocycles. The van der Waals surface area contributed by atoms with Crippen LogP contribution in [0.4, 0.5) is 0 Å². The van der Waals surface area contributed by atoms with E-state index in [1.54, 1.807) is 38.1 Å². The van der Waals surface area contributed by atoms with Crippen LogP contribution in [0.5, 0.6) is 0 Å². The Hall–Kier alpha value is -2.94. The summed E-state index contributed by atoms with van der Waals surface area (Å²) in [6.07, 6.45) is 0.738. The van der Waals surface area contributed by atoms with Crippen LogP contribution >= 0.6 is 0 Å². The summed E-state index contributed by atoms with van der Waals surface area (Å²) in [6, 6.07) is 5.99. The first-order valence-electron chi connectivity index (χ1n) is 10.5. The highest BCUT2D eigenvalue weighted by Crippen LogP contribution is 2.11. The zero-order valence-electron chi connectivity index (χ0n) is 18.6. The maximum atomic E-state index is 12.9. The number of carbonyl (C=O) groups is 4. The lowest BCUT2D eigenvalue weighted by Crippen LogP contribution is -2.59. The molecular weight excluding hydrogens is 400 g/mol. The van der Waals surface area contributed by atoms with Gasteiger partial charge in [0.25, 0.3) is 0 Å². The van der Waals surface area contributed by atoms with Crippen molar-refractivity contribution in [2.24, 2.45) is 17.6 Å². The van der Waals surface area contributed by atoms with Crippen LogP contribution in [0.3, 0.4) is 0 Å². The Morgan fingerprint density at radius 1 is 0.935 bits per heavy atom. The van der Waals surface area contributed by atoms with Gasteiger partial charge in [0.1, 0.15) is 18.1 Å². The minimum absolute atomic E-state index is 0.114. The van der Waals surface area contributed by atoms with E-state index in [2.05, 4.69) is 16.0 Å². The van der Waals surface area contributed by atoms with Gasteiger partial charge in [-0.15, -0.1) is 0 Å². The molecule has 0 aliphatic heterocycles. The lowest BCUT2D eigenvalue weighted by Gasteiger charge is -2.28. The van der Waals surface area contributed by atoms with Gasteiger partial charge >= 0.3 is 5.97 Å². The van der Waals surface area contributed by atoms with Crippen LogP contribution in [0.15, 0.2) is 30.3 Å². The van der Waals surface area contributed by atoms with E-state index in [0.717, 1.165) is 5.56 Å². The molecule has 0 fully saturated rings. The van der Waals surface area contributed by atoms with E-state index in [1.165, 1.54) is 0 Å². The van der Waals surface area contributed by atoms with Crippen molar-refractivity contribution in [3.05, 3.63) is 35.9 Å². The average Bonchev–Trinajstić information content (AvgIpc) is 2.74. The fourth-order valence-electron chi connectivity index (χ4n) is 3.02. The monoisotopic (exact) mass is 434 g/mol. The largest absolute Gasteiger partial charge is 0.480 e. The Kier molecular flexibility index (Phi) is 10.7. The van der Waals surface area contributed by atoms with Gasteiger partial charge in [0, 0.05) is 6.42 Å². The van der Waals surface area contributed by atoms with E-state index in [9.17, 15) is 24.3 Å². The van der Waals surface area contributed by atoms with Crippen molar-refractivity contribution in [3.63, 3.8) is 0 Å². The number of benzene rings is 1. The quantitative estimate of drug-likeness (QED) is 0.322. The van der Waals surface area contributed by atoms with Crippen molar-refractivity contribution in [1.82, 2.24) is 16.0 Å². The molecule has 0 aromatic heterocycles. The lowest BCUT2D eigenvalue weighted by molar-refractivity contribution is -0.142. The van der Waals surface area contributed by atoms with Crippen molar-refractivity contribution >= 4 is 23.7 Å². The summed E-state index contributed by atoms with van der Waals surface area (Å²) in [6.45, 7) is 6.93. The van der Waals surface area contributed by atoms with Gasteiger partial charge in [-0.25, -0.2) is 4.79 Å². The lowest BCUT2D eigenvalue weighted by atomic mass is 9.96. The van der Waals surface area contributed by atoms with Gasteiger partial charge in [-0.1, -0.05) is 64.4 Å². The smallest absolute Gasteiger partial charge is 0.326 e. The first-order valence-corrected chi connectivity index (χ1v) is 10.5. The van der Waals surface area contributed by atoms with Gasteiger partial charge in [-0.3, -0.25) is 14.4 Å². The molecule has 1 aromatic rings. The summed E-state index contributed by atoms with van der Waals surface area (Å²) in [4.78, 5) is 49.1. The van der Waals surface area contributed by atoms with E-state index in [4.69, 9.17) is 5.73 Å². The molecule has 9 nitrogen and oxygen atoms in total. The molecule has 4 atom stereocenters. The van der Waals surface area contributed by atoms with Crippen LogP contribution in [0.1, 0.15) is 39.7 Å². The summed E-state index contributed by atoms with van der Waals surface area (Å²) in [5, 5.41) is 17.3. The van der Waals surface area contributed by atoms with E-state index < -0.39 is 41.8 Å². The number of carbonyl (C=O) groups excluding carboxylic acids is 3. The molecular formula is C22H34N4O5. The maximum absolute atomic E-state index is 12.9. The third kappa shape index (κ3) is 8.37. The molecule has 0 spiro atoms. The zero-order chi connectivity index (χ0) is 23.6. The molecule has 0 aliphatic carbocycles. The number of nitrogens with one attached hydrogen (secondary N) is 3. The molecule has 31 heavy (non-hydrogen) atoms. The highest BCUT2D eigenvalue weighted by Gasteiger charge is 2.32. The van der Waals surface area contributed by atoms with Gasteiger partial charge in [0.05, 0.1) is 6.54 Å². The van der Waals surface area contributed by atoms with Crippen LogP contribution < -0.4 is 21.7 Å². The third-order valence-corrected chi connectivity index (χ3v) is 5.14. The molecule has 0 aliphatic rings. The van der Waals surface area contributed by atoms with Gasteiger partial charge in [0.2, 0.25) is 17.7 Å². The van der Waals surface area contributed by atoms with Crippen LogP contribution in [0.25, 0.3) is 0 Å². The van der Waals surface area contributed by atoms with E-state index >= 15 is 0 Å². The van der Waals surface area contributed by atoms with Crippen molar-refractivity contribution in [1.29, 1.82) is 0 Å². The van der Waals surface area contributed by atoms with Crippen LogP contribution in [-0.2, 0) is 25.6 Å². The molecule has 3 amide bonds. The molecule has 0 radical (unpaired) electrons. The fraction of sp³-hybridized carbons (Fsp3) is 0.545. The van der Waals surface area contributed by atoms with E-state index in [-0.39, 0.29) is 24.8 Å². The molecule has 1 rings (SSSR count). The predicted molar refractivity (Wildman–Crippen MR) is 117 cm³/mol. The van der Waals surface area contributed by atoms with Crippen molar-refractivity contribution in [2.45, 2.75) is 58.7 Å². The maximum Gasteiger partial charge on any atom is 0.326 e. The fourth-order valence-corrected chi connectivity index (χ4v) is 3.02. The van der Waals surface area contributed by atoms with E-state index in [0.29, 0.717) is 6.42 Å². The Balaban J connectivity index is 2.94. The summed E-state index contributed by atoms with van der Waals surface area (Å²) < 4.78 is 0. The molecule has 4 unspecified atom stereocenters. The Bertz CT molecular complexity index is 754. The highest BCUT2D eigenvalue weighted by atomic mass is 16.4. The number of aliphatic carboxylic acids is 1. The number of hydrogen-bond donors (Lipinski definition) is 5. The van der Waals surface area contributed by atoms with Gasteiger partial charge in [-0.05, 0) is 17.4 Å². The van der Waals surface area contributed by atoms with Crippen molar-refractivity contribution < 1.29 is 24.3 Å². The molecule has 1 aromatic carbocycles. The molecule has 172 valence electrons. The first kappa shape index (κ1) is 26.1. The Morgan fingerprint density at radius 3 is 2.00 bits per heavy atom. The van der Waals surface area contributed by atoms with Gasteiger partial charge in [-0.2, -0.15) is 0 Å². The number of hydrogen-bond acceptors (Lipinski definition) is 5. The molecule has 6 N–H and O–H groups in total. The van der Waals surface area contributed by atoms with Crippen LogP contribution in [-0.4, -0.2) is 53.5 Å². The normalized spacial score (nSPS) is 14.8. The summed E-state index contributed by atoms with van der Waals surface area (Å²) in [5.41, 5.74) is 6.11. The Morgan fingerprint density at radius 2 is 1.52 bits per heavy atom. The summed E-state index contributed by atoms with van der Waals surface area (Å²) >= 11 is 0. The SMILES string of the molecule is CCC(C)C(NC(=O)CN)C(=O)NC(C(=O)NC(Cc1ccccc1)C(=O)O)C(C)C. The van der Waals surface area contributed by atoms with Crippen LogP contribution in [0.2, 0.25) is 0 Å². The molecule has 0 bridgehead atoms. The van der Waals surface area contributed by atoms with E-state index in [1.807, 2.05) is 19.9 Å². The first-order chi connectivity index (χ1) is 14.6. The summed E-state index contributed by atoms with van der Waals surface area (Å²) in [5.74, 6) is -3.24. The van der Waals surface area contributed by atoms with Crippen LogP contribution in [0, 0.1) is 11.8 Å². The second-order valence-electron chi connectivity index (χ2n) is 7.95. The average molecular weight is 435 g/mol. The zero-order valence-corrected chi connectivity index (χ0v) is 18.6. The predicted octanol–water partition coefficient (Wildman–Crippen LogP) is 0.429. The minimum atomic E-state index is -1.17. The second kappa shape index (κ2) is 12.7. The number of carboxylic acid groups (broad SMARTS) is 1.